The Balaban J connectivity index is 1.71. The molecule has 13 heteroatoms. The van der Waals surface area contributed by atoms with E-state index in [1.165, 1.54) is 4.90 Å². The topological polar surface area (TPSA) is 67.9 Å². The summed E-state index contributed by atoms with van der Waals surface area (Å²) in [6.07, 6.45) is -8.68. The number of hydrogen-bond donors (Lipinski definition) is 1. The summed E-state index contributed by atoms with van der Waals surface area (Å²) in [4.78, 5) is 25.1. The number of nitrogens with one attached hydrogen (secondary N) is 1. The van der Waals surface area contributed by atoms with Gasteiger partial charge in [0.25, 0.3) is 12.3 Å². The number of alkyl halides is 5. The summed E-state index contributed by atoms with van der Waals surface area (Å²) in [5, 5.41) is 1.78. The highest BCUT2D eigenvalue weighted by molar-refractivity contribution is 7.22. The van der Waals surface area contributed by atoms with Gasteiger partial charge in [-0.15, -0.1) is 24.5 Å². The molecule has 29 heavy (non-hydrogen) atoms. The van der Waals surface area contributed by atoms with Gasteiger partial charge in [-0.25, -0.2) is 13.6 Å². The zero-order chi connectivity index (χ0) is 21.1. The average Bonchev–Trinajstić information content (AvgIpc) is 3.13. The number of carbonyl (C=O) groups excluding carboxylic acids is 2. The highest BCUT2D eigenvalue weighted by atomic mass is 35.5. The zero-order valence-electron chi connectivity index (χ0n) is 14.1. The minimum absolute atomic E-state index is 0.0643. The van der Waals surface area contributed by atoms with E-state index in [2.05, 4.69) is 10.1 Å². The molecule has 0 atom stereocenters. The normalized spacial score (nSPS) is 18.2. The Bertz CT molecular complexity index is 1020. The summed E-state index contributed by atoms with van der Waals surface area (Å²) in [6, 6.07) is 1.55. The number of benzene rings is 1. The van der Waals surface area contributed by atoms with Gasteiger partial charge in [0.1, 0.15) is 22.8 Å². The number of ether oxygens (including phenoxy) is 2. The number of carbonyl (C=O) groups is 2. The van der Waals surface area contributed by atoms with Crippen molar-refractivity contribution in [3.05, 3.63) is 27.6 Å². The molecule has 2 aliphatic heterocycles. The highest BCUT2D eigenvalue weighted by Crippen LogP contribution is 2.46. The number of cyclic esters (lactones) is 1. The van der Waals surface area contributed by atoms with E-state index < -0.39 is 52.0 Å². The fourth-order valence-electron chi connectivity index (χ4n) is 3.31. The molecule has 2 saturated heterocycles. The van der Waals surface area contributed by atoms with Crippen LogP contribution in [-0.4, -0.2) is 48.5 Å². The first-order valence-corrected chi connectivity index (χ1v) is 9.22. The van der Waals surface area contributed by atoms with Crippen molar-refractivity contribution in [2.75, 3.05) is 19.7 Å². The van der Waals surface area contributed by atoms with Gasteiger partial charge in [-0.3, -0.25) is 4.79 Å². The van der Waals surface area contributed by atoms with Crippen molar-refractivity contribution < 1.29 is 41.0 Å². The number of amides is 2. The lowest BCUT2D eigenvalue weighted by atomic mass is 9.91. The second-order valence-electron chi connectivity index (χ2n) is 6.59. The molecule has 1 aromatic carbocycles. The first kappa shape index (κ1) is 20.0. The molecule has 156 valence electrons. The number of hydrogen-bond acceptors (Lipinski definition) is 5. The molecular formula is C16H10ClF5N2O4S. The fraction of sp³-hybridized carbons (Fsp3) is 0.375. The quantitative estimate of drug-likeness (QED) is 0.698. The second kappa shape index (κ2) is 6.59. The maximum Gasteiger partial charge on any atom is 0.573 e. The van der Waals surface area contributed by atoms with Crippen molar-refractivity contribution >= 4 is 45.0 Å². The standard InChI is InChI=1S/C16H10ClF5N2O4S/c17-9-8-7(28-16(20,21)22)2-1-6(12(18)19)10(8)29-11(9)13(25)24-3-15(4-24)5-27-14(26)23-15/h1-2,12H,3-5H2,(H,23,26). The molecule has 0 radical (unpaired) electrons. The maximum absolute atomic E-state index is 13.3. The molecule has 3 heterocycles. The minimum atomic E-state index is -5.07. The lowest BCUT2D eigenvalue weighted by Crippen LogP contribution is -2.69. The molecule has 6 nitrogen and oxygen atoms in total. The molecule has 0 bridgehead atoms. The van der Waals surface area contributed by atoms with Crippen LogP contribution in [0.2, 0.25) is 5.02 Å². The smallest absolute Gasteiger partial charge is 0.447 e. The molecule has 4 rings (SSSR count). The molecule has 2 amide bonds. The van der Waals surface area contributed by atoms with Crippen molar-refractivity contribution in [1.29, 1.82) is 0 Å². The first-order chi connectivity index (χ1) is 13.5. The molecule has 2 aliphatic rings. The second-order valence-corrected chi connectivity index (χ2v) is 7.99. The van der Waals surface area contributed by atoms with E-state index in [9.17, 15) is 31.5 Å². The highest BCUT2D eigenvalue weighted by Gasteiger charge is 2.51. The van der Waals surface area contributed by atoms with E-state index in [1.807, 2.05) is 0 Å². The molecule has 2 aromatic rings. The monoisotopic (exact) mass is 456 g/mol. The number of alkyl carbamates (subject to hydrolysis) is 1. The summed E-state index contributed by atoms with van der Waals surface area (Å²) >= 11 is 6.71. The minimum Gasteiger partial charge on any atom is -0.447 e. The van der Waals surface area contributed by atoms with Crippen LogP contribution >= 0.6 is 22.9 Å². The van der Waals surface area contributed by atoms with Crippen LogP contribution in [-0.2, 0) is 4.74 Å². The number of nitrogens with zero attached hydrogens (tertiary/aromatic N) is 1. The van der Waals surface area contributed by atoms with Crippen LogP contribution in [0.4, 0.5) is 26.7 Å². The van der Waals surface area contributed by atoms with Crippen molar-refractivity contribution in [1.82, 2.24) is 10.2 Å². The lowest BCUT2D eigenvalue weighted by molar-refractivity contribution is -0.274. The third-order valence-corrected chi connectivity index (χ3v) is 6.27. The summed E-state index contributed by atoms with van der Waals surface area (Å²) in [6.45, 7) is 0.250. The molecular weight excluding hydrogens is 447 g/mol. The van der Waals surface area contributed by atoms with Crippen molar-refractivity contribution in [3.63, 3.8) is 0 Å². The van der Waals surface area contributed by atoms with Crippen molar-refractivity contribution in [3.8, 4) is 5.75 Å². The number of likely N-dealkylation sites (tertiary alicyclic amines) is 1. The molecule has 1 aromatic heterocycles. The van der Waals surface area contributed by atoms with Gasteiger partial charge in [0, 0.05) is 23.4 Å². The Morgan fingerprint density at radius 1 is 1.34 bits per heavy atom. The summed E-state index contributed by atoms with van der Waals surface area (Å²) in [5.74, 6) is -1.42. The van der Waals surface area contributed by atoms with Gasteiger partial charge < -0.3 is 19.7 Å². The van der Waals surface area contributed by atoms with Gasteiger partial charge in [-0.1, -0.05) is 11.6 Å². The summed E-state index contributed by atoms with van der Waals surface area (Å²) in [7, 11) is 0. The van der Waals surface area contributed by atoms with Crippen LogP contribution in [0.25, 0.3) is 10.1 Å². The van der Waals surface area contributed by atoms with Crippen molar-refractivity contribution in [2.24, 2.45) is 0 Å². The maximum atomic E-state index is 13.3. The van der Waals surface area contributed by atoms with Gasteiger partial charge in [0.05, 0.1) is 10.4 Å². The molecule has 2 fully saturated rings. The first-order valence-electron chi connectivity index (χ1n) is 8.03. The van der Waals surface area contributed by atoms with E-state index in [0.717, 1.165) is 12.1 Å². The number of fused-ring (bicyclic) bond motifs is 1. The van der Waals surface area contributed by atoms with E-state index in [4.69, 9.17) is 16.3 Å². The zero-order valence-corrected chi connectivity index (χ0v) is 15.7. The molecule has 1 N–H and O–H groups in total. The molecule has 0 aliphatic carbocycles. The summed E-state index contributed by atoms with van der Waals surface area (Å²) in [5.41, 5.74) is -1.29. The van der Waals surface area contributed by atoms with Crippen molar-refractivity contribution in [2.45, 2.75) is 18.3 Å². The van der Waals surface area contributed by atoms with Gasteiger partial charge >= 0.3 is 12.5 Å². The van der Waals surface area contributed by atoms with Gasteiger partial charge in [-0.2, -0.15) is 0 Å². The van der Waals surface area contributed by atoms with E-state index >= 15 is 0 Å². The van der Waals surface area contributed by atoms with E-state index in [1.54, 1.807) is 0 Å². The lowest BCUT2D eigenvalue weighted by Gasteiger charge is -2.45. The van der Waals surface area contributed by atoms with Crippen LogP contribution in [0, 0.1) is 0 Å². The average molecular weight is 457 g/mol. The van der Waals surface area contributed by atoms with Crippen LogP contribution in [0.3, 0.4) is 0 Å². The predicted molar refractivity (Wildman–Crippen MR) is 91.6 cm³/mol. The Morgan fingerprint density at radius 3 is 2.59 bits per heavy atom. The van der Waals surface area contributed by atoms with Crippen LogP contribution in [0.1, 0.15) is 21.7 Å². The van der Waals surface area contributed by atoms with Crippen LogP contribution < -0.4 is 10.1 Å². The molecule has 0 saturated carbocycles. The van der Waals surface area contributed by atoms with E-state index in [-0.39, 0.29) is 29.3 Å². The number of thiophene rings is 1. The van der Waals surface area contributed by atoms with Gasteiger partial charge in [0.2, 0.25) is 0 Å². The largest absolute Gasteiger partial charge is 0.573 e. The summed E-state index contributed by atoms with van der Waals surface area (Å²) < 4.78 is 73.2. The molecule has 1 spiro atoms. The number of halogens is 6. The Hall–Kier alpha value is -2.34. The Morgan fingerprint density at radius 2 is 2.03 bits per heavy atom. The van der Waals surface area contributed by atoms with Gasteiger partial charge in [-0.05, 0) is 12.1 Å². The SMILES string of the molecule is O=C1NC2(CO1)CN(C(=O)c1sc3c(C(F)F)ccc(OC(F)(F)F)c3c1Cl)C2. The van der Waals surface area contributed by atoms with E-state index in [0.29, 0.717) is 11.3 Å². The van der Waals surface area contributed by atoms with Crippen LogP contribution in [0.5, 0.6) is 5.75 Å². The fourth-order valence-corrected chi connectivity index (χ4v) is 4.94. The predicted octanol–water partition coefficient (Wildman–Crippen LogP) is 4.33. The Labute approximate surface area is 168 Å². The van der Waals surface area contributed by atoms with Crippen LogP contribution in [0.15, 0.2) is 12.1 Å². The molecule has 0 unspecified atom stereocenters. The third-order valence-electron chi connectivity index (χ3n) is 4.55. The number of rotatable bonds is 3. The Kier molecular flexibility index (Phi) is 4.53. The third kappa shape index (κ3) is 3.44. The van der Waals surface area contributed by atoms with Gasteiger partial charge in [0.15, 0.2) is 0 Å².